The van der Waals surface area contributed by atoms with Gasteiger partial charge in [-0.15, -0.1) is 0 Å². The molecule has 0 saturated carbocycles. The highest BCUT2D eigenvalue weighted by Gasteiger charge is 2.21. The molecule has 1 atom stereocenters. The van der Waals surface area contributed by atoms with E-state index in [1.54, 1.807) is 0 Å². The fraction of sp³-hybridized carbons (Fsp3) is 0.533. The van der Waals surface area contributed by atoms with Gasteiger partial charge >= 0.3 is 0 Å². The maximum atomic E-state index is 11.7. The average molecular weight is 259 g/mol. The molecule has 19 heavy (non-hydrogen) atoms. The van der Waals surface area contributed by atoms with Crippen molar-refractivity contribution in [3.05, 3.63) is 29.8 Å². The Bertz CT molecular complexity index is 437. The Morgan fingerprint density at radius 1 is 1.32 bits per heavy atom. The van der Waals surface area contributed by atoms with Crippen LogP contribution >= 0.6 is 0 Å². The highest BCUT2D eigenvalue weighted by atomic mass is 16.2. The van der Waals surface area contributed by atoms with E-state index in [-0.39, 0.29) is 5.91 Å². The molecule has 2 heterocycles. The molecule has 3 rings (SSSR count). The summed E-state index contributed by atoms with van der Waals surface area (Å²) in [4.78, 5) is 13.6. The summed E-state index contributed by atoms with van der Waals surface area (Å²) in [7, 11) is 0. The van der Waals surface area contributed by atoms with Crippen LogP contribution < -0.4 is 15.5 Å². The van der Waals surface area contributed by atoms with Gasteiger partial charge in [0.25, 0.3) is 0 Å². The quantitative estimate of drug-likeness (QED) is 0.856. The number of carbonyl (C=O) groups excluding carboxylic acids is 1. The van der Waals surface area contributed by atoms with Crippen molar-refractivity contribution >= 4 is 11.6 Å². The third kappa shape index (κ3) is 2.96. The van der Waals surface area contributed by atoms with E-state index >= 15 is 0 Å². The van der Waals surface area contributed by atoms with Crippen molar-refractivity contribution in [3.63, 3.8) is 0 Å². The van der Waals surface area contributed by atoms with Gasteiger partial charge in [0.05, 0.1) is 0 Å². The lowest BCUT2D eigenvalue weighted by Crippen LogP contribution is -2.30. The summed E-state index contributed by atoms with van der Waals surface area (Å²) >= 11 is 0. The molecule has 1 aromatic rings. The molecule has 2 aliphatic heterocycles. The molecule has 0 bridgehead atoms. The highest BCUT2D eigenvalue weighted by Crippen LogP contribution is 2.21. The first-order valence-corrected chi connectivity index (χ1v) is 7.16. The van der Waals surface area contributed by atoms with Crippen molar-refractivity contribution in [3.8, 4) is 0 Å². The minimum Gasteiger partial charge on any atom is -0.315 e. The van der Waals surface area contributed by atoms with E-state index in [4.69, 9.17) is 0 Å². The topological polar surface area (TPSA) is 44.4 Å². The number of amides is 1. The second-order valence-corrected chi connectivity index (χ2v) is 5.39. The summed E-state index contributed by atoms with van der Waals surface area (Å²) in [5.41, 5.74) is 2.32. The second-order valence-electron chi connectivity index (χ2n) is 5.39. The van der Waals surface area contributed by atoms with Crippen LogP contribution in [0, 0.1) is 0 Å². The molecule has 2 fully saturated rings. The summed E-state index contributed by atoms with van der Waals surface area (Å²) in [5.74, 6) is 0.253. The Labute approximate surface area is 114 Å². The summed E-state index contributed by atoms with van der Waals surface area (Å²) in [6.07, 6.45) is 2.88. The second kappa shape index (κ2) is 5.72. The van der Waals surface area contributed by atoms with Gasteiger partial charge in [-0.25, -0.2) is 0 Å². The monoisotopic (exact) mass is 259 g/mol. The summed E-state index contributed by atoms with van der Waals surface area (Å²) in [5, 5.41) is 6.91. The molecule has 2 aliphatic rings. The van der Waals surface area contributed by atoms with Gasteiger partial charge < -0.3 is 15.5 Å². The molecular formula is C15H21N3O. The van der Waals surface area contributed by atoms with Gasteiger partial charge in [-0.1, -0.05) is 12.1 Å². The molecule has 102 valence electrons. The first kappa shape index (κ1) is 12.6. The van der Waals surface area contributed by atoms with Crippen LogP contribution in [0.25, 0.3) is 0 Å². The Morgan fingerprint density at radius 3 is 2.79 bits per heavy atom. The third-order valence-electron chi connectivity index (χ3n) is 3.98. The summed E-state index contributed by atoms with van der Waals surface area (Å²) in [6, 6.07) is 8.97. The minimum atomic E-state index is 0.253. The van der Waals surface area contributed by atoms with E-state index in [2.05, 4.69) is 34.9 Å². The van der Waals surface area contributed by atoms with Gasteiger partial charge in [0, 0.05) is 37.8 Å². The number of anilines is 1. The number of benzene rings is 1. The lowest BCUT2D eigenvalue weighted by atomic mass is 10.1. The van der Waals surface area contributed by atoms with Gasteiger partial charge in [-0.2, -0.15) is 0 Å². The van der Waals surface area contributed by atoms with Crippen molar-refractivity contribution in [1.82, 2.24) is 10.6 Å². The van der Waals surface area contributed by atoms with Crippen LogP contribution in [0.4, 0.5) is 5.69 Å². The molecule has 4 heteroatoms. The first-order chi connectivity index (χ1) is 9.33. The van der Waals surface area contributed by atoms with E-state index in [0.29, 0.717) is 12.5 Å². The van der Waals surface area contributed by atoms with Gasteiger partial charge in [-0.05, 0) is 37.1 Å². The zero-order valence-electron chi connectivity index (χ0n) is 11.2. The van der Waals surface area contributed by atoms with Gasteiger partial charge in [0.1, 0.15) is 0 Å². The van der Waals surface area contributed by atoms with Crippen molar-refractivity contribution in [2.45, 2.75) is 31.8 Å². The highest BCUT2D eigenvalue weighted by molar-refractivity contribution is 5.95. The summed E-state index contributed by atoms with van der Waals surface area (Å²) < 4.78 is 0. The molecule has 0 spiro atoms. The van der Waals surface area contributed by atoms with Crippen LogP contribution in [-0.2, 0) is 11.3 Å². The minimum absolute atomic E-state index is 0.253. The zero-order valence-corrected chi connectivity index (χ0v) is 11.2. The molecule has 4 nitrogen and oxygen atoms in total. The number of hydrogen-bond acceptors (Lipinski definition) is 3. The van der Waals surface area contributed by atoms with Crippen molar-refractivity contribution in [1.29, 1.82) is 0 Å². The van der Waals surface area contributed by atoms with Crippen molar-refractivity contribution in [2.75, 3.05) is 24.5 Å². The normalized spacial score (nSPS) is 23.3. The molecule has 1 aromatic carbocycles. The largest absolute Gasteiger partial charge is 0.315 e. The van der Waals surface area contributed by atoms with Gasteiger partial charge in [-0.3, -0.25) is 4.79 Å². The van der Waals surface area contributed by atoms with E-state index in [1.165, 1.54) is 12.0 Å². The van der Waals surface area contributed by atoms with Crippen LogP contribution in [0.15, 0.2) is 24.3 Å². The SMILES string of the molecule is O=C1CCCN1c1ccc(CNC2CCNC2)cc1. The molecule has 0 aromatic heterocycles. The molecule has 2 saturated heterocycles. The molecule has 1 unspecified atom stereocenters. The predicted molar refractivity (Wildman–Crippen MR) is 76.1 cm³/mol. The van der Waals surface area contributed by atoms with Crippen molar-refractivity contribution in [2.24, 2.45) is 0 Å². The van der Waals surface area contributed by atoms with Crippen LogP contribution in [0.5, 0.6) is 0 Å². The number of nitrogens with zero attached hydrogens (tertiary/aromatic N) is 1. The van der Waals surface area contributed by atoms with Gasteiger partial charge in [0.15, 0.2) is 0 Å². The zero-order chi connectivity index (χ0) is 13.1. The van der Waals surface area contributed by atoms with E-state index in [1.807, 2.05) is 4.90 Å². The summed E-state index contributed by atoms with van der Waals surface area (Å²) in [6.45, 7) is 3.96. The number of carbonyl (C=O) groups is 1. The van der Waals surface area contributed by atoms with Gasteiger partial charge in [0.2, 0.25) is 5.91 Å². The fourth-order valence-electron chi connectivity index (χ4n) is 2.81. The number of hydrogen-bond donors (Lipinski definition) is 2. The number of rotatable bonds is 4. The Hall–Kier alpha value is -1.39. The third-order valence-corrected chi connectivity index (χ3v) is 3.98. The predicted octanol–water partition coefficient (Wildman–Crippen LogP) is 1.26. The fourth-order valence-corrected chi connectivity index (χ4v) is 2.81. The first-order valence-electron chi connectivity index (χ1n) is 7.16. The van der Waals surface area contributed by atoms with E-state index < -0.39 is 0 Å². The number of nitrogens with one attached hydrogen (secondary N) is 2. The lowest BCUT2D eigenvalue weighted by Gasteiger charge is -2.16. The van der Waals surface area contributed by atoms with Crippen LogP contribution in [0.1, 0.15) is 24.8 Å². The molecular weight excluding hydrogens is 238 g/mol. The molecule has 0 radical (unpaired) electrons. The standard InChI is InChI=1S/C15H21N3O/c19-15-2-1-9-18(15)14-5-3-12(4-6-14)10-17-13-7-8-16-11-13/h3-6,13,16-17H,1-2,7-11H2. The van der Waals surface area contributed by atoms with Crippen LogP contribution in [0.2, 0.25) is 0 Å². The maximum Gasteiger partial charge on any atom is 0.227 e. The van der Waals surface area contributed by atoms with E-state index in [9.17, 15) is 4.79 Å². The lowest BCUT2D eigenvalue weighted by molar-refractivity contribution is -0.117. The van der Waals surface area contributed by atoms with E-state index in [0.717, 1.165) is 38.3 Å². The van der Waals surface area contributed by atoms with Crippen LogP contribution in [0.3, 0.4) is 0 Å². The Morgan fingerprint density at radius 2 is 2.16 bits per heavy atom. The molecule has 0 aliphatic carbocycles. The average Bonchev–Trinajstić information content (AvgIpc) is 3.08. The maximum absolute atomic E-state index is 11.7. The molecule has 1 amide bonds. The molecule has 2 N–H and O–H groups in total. The van der Waals surface area contributed by atoms with Crippen molar-refractivity contribution < 1.29 is 4.79 Å². The Kier molecular flexibility index (Phi) is 3.80. The Balaban J connectivity index is 1.57. The smallest absolute Gasteiger partial charge is 0.227 e. The van der Waals surface area contributed by atoms with Crippen LogP contribution in [-0.4, -0.2) is 31.6 Å².